The maximum atomic E-state index is 11.9. The molecule has 0 unspecified atom stereocenters. The minimum absolute atomic E-state index is 0.0104. The fraction of sp³-hybridized carbons (Fsp3) is 0.529. The first-order valence-electron chi connectivity index (χ1n) is 7.72. The summed E-state index contributed by atoms with van der Waals surface area (Å²) >= 11 is 0. The Kier molecular flexibility index (Phi) is 5.37. The number of benzene rings is 1. The molecule has 2 rings (SSSR count). The Bertz CT molecular complexity index is 521. The SMILES string of the molecule is CCC(CC)NC(=O)COc1ccc2c(c1)C(=O)CCC2. The zero-order chi connectivity index (χ0) is 15.2. The molecule has 0 radical (unpaired) electrons. The van der Waals surface area contributed by atoms with E-state index in [0.717, 1.165) is 36.8 Å². The van der Waals surface area contributed by atoms with Crippen molar-refractivity contribution >= 4 is 11.7 Å². The molecule has 21 heavy (non-hydrogen) atoms. The molecular formula is C17H23NO3. The largest absolute Gasteiger partial charge is 0.484 e. The van der Waals surface area contributed by atoms with Crippen molar-refractivity contribution in [3.8, 4) is 5.75 Å². The third-order valence-corrected chi connectivity index (χ3v) is 3.95. The highest BCUT2D eigenvalue weighted by atomic mass is 16.5. The lowest BCUT2D eigenvalue weighted by Crippen LogP contribution is -2.37. The average molecular weight is 289 g/mol. The first-order chi connectivity index (χ1) is 10.1. The van der Waals surface area contributed by atoms with E-state index in [9.17, 15) is 9.59 Å². The smallest absolute Gasteiger partial charge is 0.258 e. The molecular weight excluding hydrogens is 266 g/mol. The molecule has 0 bridgehead atoms. The van der Waals surface area contributed by atoms with Crippen LogP contribution >= 0.6 is 0 Å². The van der Waals surface area contributed by atoms with Crippen LogP contribution < -0.4 is 10.1 Å². The number of carbonyl (C=O) groups excluding carboxylic acids is 2. The summed E-state index contributed by atoms with van der Waals surface area (Å²) < 4.78 is 5.51. The number of ether oxygens (including phenoxy) is 1. The van der Waals surface area contributed by atoms with Crippen LogP contribution in [0.3, 0.4) is 0 Å². The van der Waals surface area contributed by atoms with Crippen molar-refractivity contribution in [2.24, 2.45) is 0 Å². The molecule has 0 aromatic heterocycles. The molecule has 1 amide bonds. The van der Waals surface area contributed by atoms with Crippen LogP contribution in [0.2, 0.25) is 0 Å². The quantitative estimate of drug-likeness (QED) is 0.876. The maximum absolute atomic E-state index is 11.9. The lowest BCUT2D eigenvalue weighted by atomic mass is 9.90. The Morgan fingerprint density at radius 2 is 2.05 bits per heavy atom. The van der Waals surface area contributed by atoms with Crippen molar-refractivity contribution in [3.63, 3.8) is 0 Å². The zero-order valence-electron chi connectivity index (χ0n) is 12.8. The Labute approximate surface area is 125 Å². The normalized spacial score (nSPS) is 14.0. The summed E-state index contributed by atoms with van der Waals surface area (Å²) in [6.45, 7) is 4.08. The van der Waals surface area contributed by atoms with Gasteiger partial charge in [0.1, 0.15) is 5.75 Å². The van der Waals surface area contributed by atoms with E-state index >= 15 is 0 Å². The Hall–Kier alpha value is -1.84. The second-order valence-corrected chi connectivity index (χ2v) is 5.47. The number of rotatable bonds is 6. The molecule has 0 saturated heterocycles. The van der Waals surface area contributed by atoms with E-state index in [0.29, 0.717) is 12.2 Å². The van der Waals surface area contributed by atoms with Crippen LogP contribution in [0.1, 0.15) is 55.5 Å². The van der Waals surface area contributed by atoms with Crippen molar-refractivity contribution < 1.29 is 14.3 Å². The number of hydrogen-bond donors (Lipinski definition) is 1. The van der Waals surface area contributed by atoms with E-state index in [2.05, 4.69) is 5.32 Å². The predicted molar refractivity (Wildman–Crippen MR) is 81.7 cm³/mol. The van der Waals surface area contributed by atoms with Crippen molar-refractivity contribution in [3.05, 3.63) is 29.3 Å². The molecule has 1 N–H and O–H groups in total. The summed E-state index contributed by atoms with van der Waals surface area (Å²) in [6, 6.07) is 5.73. The van der Waals surface area contributed by atoms with Gasteiger partial charge in [0, 0.05) is 18.0 Å². The molecule has 1 aliphatic carbocycles. The number of Topliss-reactive ketones (excluding diaryl/α,β-unsaturated/α-hetero) is 1. The van der Waals surface area contributed by atoms with Crippen LogP contribution in [-0.2, 0) is 11.2 Å². The van der Waals surface area contributed by atoms with Crippen LogP contribution in [0, 0.1) is 0 Å². The topological polar surface area (TPSA) is 55.4 Å². The van der Waals surface area contributed by atoms with Gasteiger partial charge in [-0.3, -0.25) is 9.59 Å². The van der Waals surface area contributed by atoms with E-state index < -0.39 is 0 Å². The van der Waals surface area contributed by atoms with Gasteiger partial charge in [0.05, 0.1) is 0 Å². The molecule has 1 aromatic rings. The van der Waals surface area contributed by atoms with Crippen LogP contribution in [0.4, 0.5) is 0 Å². The second kappa shape index (κ2) is 7.25. The number of amides is 1. The van der Waals surface area contributed by atoms with Crippen LogP contribution in [-0.4, -0.2) is 24.3 Å². The Morgan fingerprint density at radius 3 is 2.76 bits per heavy atom. The number of aryl methyl sites for hydroxylation is 1. The van der Waals surface area contributed by atoms with E-state index in [1.165, 1.54) is 0 Å². The molecule has 1 aliphatic rings. The highest BCUT2D eigenvalue weighted by Gasteiger charge is 2.18. The van der Waals surface area contributed by atoms with Crippen molar-refractivity contribution in [2.45, 2.75) is 52.0 Å². The minimum atomic E-state index is -0.118. The monoisotopic (exact) mass is 289 g/mol. The number of hydrogen-bond acceptors (Lipinski definition) is 3. The standard InChI is InChI=1S/C17H23NO3/c1-3-13(4-2)18-17(20)11-21-14-9-8-12-6-5-7-16(19)15(12)10-14/h8-10,13H,3-7,11H2,1-2H3,(H,18,20). The molecule has 0 saturated carbocycles. The lowest BCUT2D eigenvalue weighted by molar-refractivity contribution is -0.123. The van der Waals surface area contributed by atoms with E-state index in [-0.39, 0.29) is 24.3 Å². The van der Waals surface area contributed by atoms with Crippen LogP contribution in [0.15, 0.2) is 18.2 Å². The first-order valence-corrected chi connectivity index (χ1v) is 7.72. The van der Waals surface area contributed by atoms with Gasteiger partial charge in [-0.25, -0.2) is 0 Å². The highest BCUT2D eigenvalue weighted by molar-refractivity contribution is 5.98. The number of nitrogens with one attached hydrogen (secondary N) is 1. The summed E-state index contributed by atoms with van der Waals surface area (Å²) in [5, 5.41) is 2.93. The third-order valence-electron chi connectivity index (χ3n) is 3.95. The number of fused-ring (bicyclic) bond motifs is 1. The maximum Gasteiger partial charge on any atom is 0.258 e. The van der Waals surface area contributed by atoms with Gasteiger partial charge >= 0.3 is 0 Å². The van der Waals surface area contributed by atoms with Crippen LogP contribution in [0.25, 0.3) is 0 Å². The summed E-state index contributed by atoms with van der Waals surface area (Å²) in [6.07, 6.45) is 4.29. The molecule has 0 spiro atoms. The summed E-state index contributed by atoms with van der Waals surface area (Å²) in [5.41, 5.74) is 1.83. The van der Waals surface area contributed by atoms with Gasteiger partial charge in [-0.15, -0.1) is 0 Å². The van der Waals surface area contributed by atoms with Gasteiger partial charge in [-0.2, -0.15) is 0 Å². The second-order valence-electron chi connectivity index (χ2n) is 5.47. The van der Waals surface area contributed by atoms with Gasteiger partial charge < -0.3 is 10.1 Å². The first kappa shape index (κ1) is 15.5. The summed E-state index contributed by atoms with van der Waals surface area (Å²) in [7, 11) is 0. The molecule has 0 atom stereocenters. The van der Waals surface area contributed by atoms with Crippen LogP contribution in [0.5, 0.6) is 5.75 Å². The highest BCUT2D eigenvalue weighted by Crippen LogP contribution is 2.25. The average Bonchev–Trinajstić information content (AvgIpc) is 2.51. The van der Waals surface area contributed by atoms with E-state index in [1.807, 2.05) is 26.0 Å². The number of ketones is 1. The summed E-state index contributed by atoms with van der Waals surface area (Å²) in [5.74, 6) is 0.639. The fourth-order valence-corrected chi connectivity index (χ4v) is 2.61. The molecule has 0 heterocycles. The van der Waals surface area contributed by atoms with Gasteiger partial charge in [-0.1, -0.05) is 19.9 Å². The van der Waals surface area contributed by atoms with Crippen molar-refractivity contribution in [1.29, 1.82) is 0 Å². The molecule has 4 heteroatoms. The number of carbonyl (C=O) groups is 2. The predicted octanol–water partition coefficient (Wildman–Crippen LogP) is 2.89. The van der Waals surface area contributed by atoms with Gasteiger partial charge in [0.2, 0.25) is 0 Å². The fourth-order valence-electron chi connectivity index (χ4n) is 2.61. The Morgan fingerprint density at radius 1 is 1.29 bits per heavy atom. The van der Waals surface area contributed by atoms with E-state index in [4.69, 9.17) is 4.74 Å². The molecule has 4 nitrogen and oxygen atoms in total. The molecule has 0 aliphatic heterocycles. The molecule has 114 valence electrons. The van der Waals surface area contributed by atoms with Gasteiger partial charge in [0.15, 0.2) is 12.4 Å². The third kappa shape index (κ3) is 4.06. The Balaban J connectivity index is 1.93. The van der Waals surface area contributed by atoms with Crippen molar-refractivity contribution in [1.82, 2.24) is 5.32 Å². The van der Waals surface area contributed by atoms with E-state index in [1.54, 1.807) is 6.07 Å². The lowest BCUT2D eigenvalue weighted by Gasteiger charge is -2.17. The van der Waals surface area contributed by atoms with Crippen molar-refractivity contribution in [2.75, 3.05) is 6.61 Å². The molecule has 1 aromatic carbocycles. The minimum Gasteiger partial charge on any atom is -0.484 e. The molecule has 0 fully saturated rings. The van der Waals surface area contributed by atoms with Gasteiger partial charge in [0.25, 0.3) is 5.91 Å². The van der Waals surface area contributed by atoms with Gasteiger partial charge in [-0.05, 0) is 43.4 Å². The summed E-state index contributed by atoms with van der Waals surface area (Å²) in [4.78, 5) is 23.7. The zero-order valence-corrected chi connectivity index (χ0v) is 12.8.